The molecular weight excluding hydrogens is 402 g/mol. The van der Waals surface area contributed by atoms with Crippen LogP contribution in [0.4, 0.5) is 13.2 Å². The maximum Gasteiger partial charge on any atom is 0.416 e. The van der Waals surface area contributed by atoms with E-state index < -0.39 is 21.8 Å². The van der Waals surface area contributed by atoms with Gasteiger partial charge in [-0.2, -0.15) is 13.2 Å². The van der Waals surface area contributed by atoms with Crippen molar-refractivity contribution in [1.29, 1.82) is 0 Å². The van der Waals surface area contributed by atoms with E-state index in [9.17, 15) is 21.6 Å². The largest absolute Gasteiger partial charge is 0.416 e. The second-order valence-electron chi connectivity index (χ2n) is 5.37. The lowest BCUT2D eigenvalue weighted by Gasteiger charge is -2.27. The number of hydrogen-bond acceptors (Lipinski definition) is 4. The van der Waals surface area contributed by atoms with Gasteiger partial charge in [0.2, 0.25) is 10.0 Å². The molecule has 2 rings (SSSR count). The molecule has 1 aliphatic rings. The van der Waals surface area contributed by atoms with E-state index in [1.165, 1.54) is 0 Å². The molecule has 0 amide bonds. The van der Waals surface area contributed by atoms with Gasteiger partial charge in [0.1, 0.15) is 0 Å². The van der Waals surface area contributed by atoms with Gasteiger partial charge in [0.05, 0.1) is 10.5 Å². The average Bonchev–Trinajstić information content (AvgIpc) is 2.52. The summed E-state index contributed by atoms with van der Waals surface area (Å²) >= 11 is 0. The van der Waals surface area contributed by atoms with Crippen molar-refractivity contribution in [3.63, 3.8) is 0 Å². The Labute approximate surface area is 158 Å². The molecule has 0 atom stereocenters. The second kappa shape index (κ2) is 10.5. The normalized spacial score (nSPS) is 16.0. The summed E-state index contributed by atoms with van der Waals surface area (Å²) in [6.45, 7) is 4.77. The van der Waals surface area contributed by atoms with Crippen LogP contribution in [0.5, 0.6) is 0 Å². The van der Waals surface area contributed by atoms with Gasteiger partial charge in [0.25, 0.3) is 0 Å². The molecule has 11 heteroatoms. The van der Waals surface area contributed by atoms with Crippen molar-refractivity contribution in [2.75, 3.05) is 39.3 Å². The molecule has 0 radical (unpaired) electrons. The van der Waals surface area contributed by atoms with Gasteiger partial charge in [-0.3, -0.25) is 0 Å². The topological polar surface area (TPSA) is 61.4 Å². The molecule has 1 aliphatic heterocycles. The lowest BCUT2D eigenvalue weighted by molar-refractivity contribution is -0.137. The molecular formula is C14H22Cl2F3N3O2S. The molecule has 1 aromatic rings. The highest BCUT2D eigenvalue weighted by Gasteiger charge is 2.30. The quantitative estimate of drug-likeness (QED) is 0.687. The maximum absolute atomic E-state index is 12.5. The van der Waals surface area contributed by atoms with Crippen LogP contribution in [0.3, 0.4) is 0 Å². The molecule has 25 heavy (non-hydrogen) atoms. The Kier molecular flexibility index (Phi) is 10.3. The Bertz CT molecular complexity index is 607. The minimum atomic E-state index is -4.47. The molecule has 1 aromatic carbocycles. The van der Waals surface area contributed by atoms with Crippen LogP contribution >= 0.6 is 24.8 Å². The Morgan fingerprint density at radius 2 is 1.64 bits per heavy atom. The van der Waals surface area contributed by atoms with Gasteiger partial charge in [0, 0.05) is 32.7 Å². The standard InChI is InChI=1S/C14H20F3N3O2S.2ClH/c15-14(16,17)12-2-4-13(5-3-12)23(21,22)19-6-1-9-20-10-7-18-8-11-20;;/h2-5,18-19H,1,6-11H2;2*1H. The number of nitrogens with one attached hydrogen (secondary N) is 2. The van der Waals surface area contributed by atoms with Crippen molar-refractivity contribution < 1.29 is 21.6 Å². The molecule has 1 saturated heterocycles. The van der Waals surface area contributed by atoms with Crippen LogP contribution in [-0.4, -0.2) is 52.6 Å². The van der Waals surface area contributed by atoms with Gasteiger partial charge in [-0.05, 0) is 37.2 Å². The summed E-state index contributed by atoms with van der Waals surface area (Å²) in [5.74, 6) is 0. The van der Waals surface area contributed by atoms with Crippen molar-refractivity contribution in [2.24, 2.45) is 0 Å². The summed E-state index contributed by atoms with van der Waals surface area (Å²) in [6, 6.07) is 3.49. The van der Waals surface area contributed by atoms with Gasteiger partial charge in [-0.25, -0.2) is 13.1 Å². The van der Waals surface area contributed by atoms with Crippen molar-refractivity contribution >= 4 is 34.8 Å². The van der Waals surface area contributed by atoms with Crippen molar-refractivity contribution in [2.45, 2.75) is 17.5 Å². The van der Waals surface area contributed by atoms with Crippen molar-refractivity contribution in [1.82, 2.24) is 14.9 Å². The molecule has 0 spiro atoms. The fourth-order valence-corrected chi connectivity index (χ4v) is 3.42. The highest BCUT2D eigenvalue weighted by Crippen LogP contribution is 2.29. The third kappa shape index (κ3) is 7.67. The molecule has 0 saturated carbocycles. The average molecular weight is 424 g/mol. The molecule has 1 heterocycles. The maximum atomic E-state index is 12.5. The van der Waals surface area contributed by atoms with Gasteiger partial charge in [-0.15, -0.1) is 24.8 Å². The van der Waals surface area contributed by atoms with E-state index in [0.717, 1.165) is 57.0 Å². The van der Waals surface area contributed by atoms with E-state index in [4.69, 9.17) is 0 Å². The van der Waals surface area contributed by atoms with E-state index in [1.807, 2.05) is 0 Å². The predicted octanol–water partition coefficient (Wildman–Crippen LogP) is 2.12. The highest BCUT2D eigenvalue weighted by molar-refractivity contribution is 7.89. The molecule has 0 bridgehead atoms. The smallest absolute Gasteiger partial charge is 0.314 e. The zero-order chi connectivity index (χ0) is 16.9. The molecule has 2 N–H and O–H groups in total. The number of halogens is 5. The molecule has 146 valence electrons. The number of sulfonamides is 1. The Morgan fingerprint density at radius 3 is 2.16 bits per heavy atom. The number of alkyl halides is 3. The van der Waals surface area contributed by atoms with E-state index >= 15 is 0 Å². The molecule has 0 aliphatic carbocycles. The number of hydrogen-bond donors (Lipinski definition) is 2. The van der Waals surface area contributed by atoms with E-state index in [2.05, 4.69) is 14.9 Å². The summed E-state index contributed by atoms with van der Waals surface area (Å²) in [7, 11) is -3.77. The third-order valence-corrected chi connectivity index (χ3v) is 5.12. The zero-order valence-corrected chi connectivity index (χ0v) is 15.8. The first-order chi connectivity index (χ1) is 10.8. The van der Waals surface area contributed by atoms with E-state index in [1.54, 1.807) is 0 Å². The van der Waals surface area contributed by atoms with Crippen LogP contribution in [0.25, 0.3) is 0 Å². The van der Waals surface area contributed by atoms with E-state index in [-0.39, 0.29) is 36.3 Å². The molecule has 0 aromatic heterocycles. The van der Waals surface area contributed by atoms with Gasteiger partial charge >= 0.3 is 6.18 Å². The minimum absolute atomic E-state index is 0. The van der Waals surface area contributed by atoms with Crippen LogP contribution in [-0.2, 0) is 16.2 Å². The van der Waals surface area contributed by atoms with Crippen molar-refractivity contribution in [3.05, 3.63) is 29.8 Å². The monoisotopic (exact) mass is 423 g/mol. The number of piperazine rings is 1. The summed E-state index contributed by atoms with van der Waals surface area (Å²) in [5, 5.41) is 3.23. The fraction of sp³-hybridized carbons (Fsp3) is 0.571. The lowest BCUT2D eigenvalue weighted by Crippen LogP contribution is -2.44. The van der Waals surface area contributed by atoms with Crippen LogP contribution < -0.4 is 10.0 Å². The number of rotatable bonds is 6. The second-order valence-corrected chi connectivity index (χ2v) is 7.13. The Balaban J connectivity index is 0.00000288. The van der Waals surface area contributed by atoms with Crippen LogP contribution in [0.15, 0.2) is 29.2 Å². The van der Waals surface area contributed by atoms with Crippen LogP contribution in [0.2, 0.25) is 0 Å². The highest BCUT2D eigenvalue weighted by atomic mass is 35.5. The Morgan fingerprint density at radius 1 is 1.08 bits per heavy atom. The zero-order valence-electron chi connectivity index (χ0n) is 13.4. The molecule has 0 unspecified atom stereocenters. The predicted molar refractivity (Wildman–Crippen MR) is 95.1 cm³/mol. The SMILES string of the molecule is Cl.Cl.O=S(=O)(NCCCN1CCNCC1)c1ccc(C(F)(F)F)cc1. The van der Waals surface area contributed by atoms with Crippen LogP contribution in [0, 0.1) is 0 Å². The van der Waals surface area contributed by atoms with E-state index in [0.29, 0.717) is 6.42 Å². The summed E-state index contributed by atoms with van der Waals surface area (Å²) < 4.78 is 63.9. The van der Waals surface area contributed by atoms with Gasteiger partial charge in [-0.1, -0.05) is 0 Å². The van der Waals surface area contributed by atoms with Gasteiger partial charge in [0.15, 0.2) is 0 Å². The lowest BCUT2D eigenvalue weighted by atomic mass is 10.2. The summed E-state index contributed by atoms with van der Waals surface area (Å²) in [4.78, 5) is 2.08. The van der Waals surface area contributed by atoms with Crippen LogP contribution in [0.1, 0.15) is 12.0 Å². The summed E-state index contributed by atoms with van der Waals surface area (Å²) in [5.41, 5.74) is -0.866. The first-order valence-corrected chi connectivity index (χ1v) is 8.87. The Hall–Kier alpha value is -0.580. The first-order valence-electron chi connectivity index (χ1n) is 7.39. The summed E-state index contributed by atoms with van der Waals surface area (Å²) in [6.07, 6.45) is -3.82. The fourth-order valence-electron chi connectivity index (χ4n) is 2.35. The molecule has 1 fully saturated rings. The number of nitrogens with zero attached hydrogens (tertiary/aromatic N) is 1. The third-order valence-electron chi connectivity index (χ3n) is 3.64. The van der Waals surface area contributed by atoms with Gasteiger partial charge < -0.3 is 10.2 Å². The minimum Gasteiger partial charge on any atom is -0.314 e. The molecule has 5 nitrogen and oxygen atoms in total. The van der Waals surface area contributed by atoms with Crippen molar-refractivity contribution in [3.8, 4) is 0 Å². The number of benzene rings is 1. The first kappa shape index (κ1) is 24.4.